The van der Waals surface area contributed by atoms with Gasteiger partial charge >= 0.3 is 0 Å². The van der Waals surface area contributed by atoms with E-state index in [1.54, 1.807) is 0 Å². The molecule has 1 aromatic rings. The minimum absolute atomic E-state index is 0.136. The van der Waals surface area contributed by atoms with Crippen LogP contribution in [-0.2, 0) is 0 Å². The largest absolute Gasteiger partial charge is 0.363 e. The number of anilines is 1. The lowest BCUT2D eigenvalue weighted by molar-refractivity contribution is 0.504. The number of halogens is 1. The molecular formula is C9H15IN4O. The highest BCUT2D eigenvalue weighted by molar-refractivity contribution is 14.1. The van der Waals surface area contributed by atoms with Crippen LogP contribution in [0.1, 0.15) is 20.3 Å². The van der Waals surface area contributed by atoms with E-state index in [1.165, 1.54) is 6.33 Å². The average molecular weight is 322 g/mol. The molecule has 0 aliphatic rings. The van der Waals surface area contributed by atoms with Crippen LogP contribution in [0.15, 0.2) is 11.1 Å². The number of aromatic amines is 1. The Morgan fingerprint density at radius 2 is 2.40 bits per heavy atom. The molecule has 1 rings (SSSR count). The summed E-state index contributed by atoms with van der Waals surface area (Å²) in [5.74, 6) is 0.592. The van der Waals surface area contributed by atoms with Gasteiger partial charge in [-0.3, -0.25) is 4.79 Å². The molecule has 15 heavy (non-hydrogen) atoms. The molecule has 0 fully saturated rings. The molecule has 6 heteroatoms. The van der Waals surface area contributed by atoms with Crippen molar-refractivity contribution in [2.24, 2.45) is 5.73 Å². The Bertz CT molecular complexity index is 386. The summed E-state index contributed by atoms with van der Waals surface area (Å²) in [6.07, 6.45) is 2.26. The molecule has 0 bridgehead atoms. The predicted octanol–water partition coefficient (Wildman–Crippen LogP) is 0.914. The van der Waals surface area contributed by atoms with Crippen LogP contribution in [-0.4, -0.2) is 22.1 Å². The maximum Gasteiger partial charge on any atom is 0.266 e. The number of hydrogen-bond acceptors (Lipinski definition) is 4. The average Bonchev–Trinajstić information content (AvgIpc) is 2.25. The topological polar surface area (TPSA) is 83.8 Å². The van der Waals surface area contributed by atoms with Gasteiger partial charge in [-0.15, -0.1) is 0 Å². The van der Waals surface area contributed by atoms with Crippen molar-refractivity contribution in [1.29, 1.82) is 0 Å². The zero-order chi connectivity index (χ0) is 11.5. The highest BCUT2D eigenvalue weighted by Gasteiger charge is 2.21. The van der Waals surface area contributed by atoms with E-state index >= 15 is 0 Å². The molecule has 0 saturated heterocycles. The number of aromatic nitrogens is 2. The molecule has 1 aromatic heterocycles. The molecule has 84 valence electrons. The van der Waals surface area contributed by atoms with Gasteiger partial charge in [-0.1, -0.05) is 6.92 Å². The summed E-state index contributed by atoms with van der Waals surface area (Å²) in [4.78, 5) is 17.9. The van der Waals surface area contributed by atoms with Crippen LogP contribution in [0.3, 0.4) is 0 Å². The fraction of sp³-hybridized carbons (Fsp3) is 0.556. The lowest BCUT2D eigenvalue weighted by atomic mass is 9.99. The number of nitrogens with two attached hydrogens (primary N) is 1. The van der Waals surface area contributed by atoms with Crippen molar-refractivity contribution in [3.63, 3.8) is 0 Å². The third-order valence-electron chi connectivity index (χ3n) is 2.45. The number of rotatable bonds is 4. The van der Waals surface area contributed by atoms with E-state index in [0.29, 0.717) is 15.9 Å². The molecule has 0 spiro atoms. The summed E-state index contributed by atoms with van der Waals surface area (Å²) < 4.78 is 0.559. The second-order valence-corrected chi connectivity index (χ2v) is 4.72. The molecule has 1 heterocycles. The number of hydrogen-bond donors (Lipinski definition) is 3. The Hall–Kier alpha value is -0.630. The van der Waals surface area contributed by atoms with Crippen LogP contribution in [0, 0.1) is 3.57 Å². The van der Waals surface area contributed by atoms with E-state index < -0.39 is 0 Å². The van der Waals surface area contributed by atoms with E-state index in [2.05, 4.69) is 15.3 Å². The lowest BCUT2D eigenvalue weighted by Crippen LogP contribution is -2.42. The van der Waals surface area contributed by atoms with Gasteiger partial charge in [0.2, 0.25) is 0 Å². The van der Waals surface area contributed by atoms with Crippen molar-refractivity contribution < 1.29 is 0 Å². The molecule has 1 atom stereocenters. The number of nitrogens with one attached hydrogen (secondary N) is 2. The summed E-state index contributed by atoms with van der Waals surface area (Å²) in [5.41, 5.74) is 5.32. The Morgan fingerprint density at radius 3 is 2.93 bits per heavy atom. The van der Waals surface area contributed by atoms with Gasteiger partial charge in [-0.05, 0) is 35.9 Å². The molecule has 0 aromatic carbocycles. The van der Waals surface area contributed by atoms with Crippen LogP contribution in [0.25, 0.3) is 0 Å². The van der Waals surface area contributed by atoms with Crippen molar-refractivity contribution in [2.75, 3.05) is 11.9 Å². The van der Waals surface area contributed by atoms with Gasteiger partial charge in [0.05, 0.1) is 6.33 Å². The van der Waals surface area contributed by atoms with Crippen molar-refractivity contribution >= 4 is 28.4 Å². The monoisotopic (exact) mass is 322 g/mol. The highest BCUT2D eigenvalue weighted by atomic mass is 127. The minimum Gasteiger partial charge on any atom is -0.363 e. The smallest absolute Gasteiger partial charge is 0.266 e. The number of H-pyrrole nitrogens is 1. The molecule has 0 aliphatic carbocycles. The molecule has 0 saturated carbocycles. The van der Waals surface area contributed by atoms with Crippen LogP contribution >= 0.6 is 22.6 Å². The summed E-state index contributed by atoms with van der Waals surface area (Å²) >= 11 is 1.97. The highest BCUT2D eigenvalue weighted by Crippen LogP contribution is 2.17. The van der Waals surface area contributed by atoms with E-state index in [4.69, 9.17) is 5.73 Å². The second-order valence-electron chi connectivity index (χ2n) is 3.64. The van der Waals surface area contributed by atoms with Gasteiger partial charge in [0.1, 0.15) is 9.39 Å². The first-order valence-corrected chi connectivity index (χ1v) is 5.81. The fourth-order valence-corrected chi connectivity index (χ4v) is 1.47. The summed E-state index contributed by atoms with van der Waals surface area (Å²) in [6.45, 7) is 4.54. The lowest BCUT2D eigenvalue weighted by Gasteiger charge is -2.28. The van der Waals surface area contributed by atoms with Gasteiger partial charge in [0, 0.05) is 12.1 Å². The zero-order valence-electron chi connectivity index (χ0n) is 8.80. The second kappa shape index (κ2) is 4.93. The summed E-state index contributed by atoms with van der Waals surface area (Å²) in [7, 11) is 0. The first-order valence-electron chi connectivity index (χ1n) is 4.74. The normalized spacial score (nSPS) is 14.7. The van der Waals surface area contributed by atoms with Crippen molar-refractivity contribution in [3.8, 4) is 0 Å². The quantitative estimate of drug-likeness (QED) is 0.720. The maximum absolute atomic E-state index is 11.3. The maximum atomic E-state index is 11.3. The van der Waals surface area contributed by atoms with Crippen LogP contribution in [0.4, 0.5) is 5.82 Å². The molecule has 0 aliphatic heterocycles. The molecular weight excluding hydrogens is 307 g/mol. The first-order chi connectivity index (χ1) is 7.02. The Labute approximate surface area is 102 Å². The third-order valence-corrected chi connectivity index (χ3v) is 3.45. The Balaban J connectivity index is 2.99. The van der Waals surface area contributed by atoms with E-state index in [0.717, 1.165) is 6.42 Å². The van der Waals surface area contributed by atoms with Crippen molar-refractivity contribution in [1.82, 2.24) is 9.97 Å². The number of nitrogens with zero attached hydrogens (tertiary/aromatic N) is 1. The molecule has 1 unspecified atom stereocenters. The third kappa shape index (κ3) is 2.91. The SMILES string of the molecule is CCC(C)(CN)Nc1nc[nH]c(=O)c1I. The van der Waals surface area contributed by atoms with Gasteiger partial charge in [-0.2, -0.15) is 0 Å². The minimum atomic E-state index is -0.222. The Morgan fingerprint density at radius 1 is 1.73 bits per heavy atom. The van der Waals surface area contributed by atoms with Gasteiger partial charge in [0.25, 0.3) is 5.56 Å². The van der Waals surface area contributed by atoms with Crippen LogP contribution in [0.2, 0.25) is 0 Å². The predicted molar refractivity (Wildman–Crippen MR) is 68.9 cm³/mol. The molecule has 5 nitrogen and oxygen atoms in total. The van der Waals surface area contributed by atoms with Gasteiger partial charge in [-0.25, -0.2) is 4.98 Å². The first kappa shape index (κ1) is 12.4. The zero-order valence-corrected chi connectivity index (χ0v) is 11.0. The van der Waals surface area contributed by atoms with E-state index in [1.807, 2.05) is 36.4 Å². The van der Waals surface area contributed by atoms with Crippen LogP contribution in [0.5, 0.6) is 0 Å². The van der Waals surface area contributed by atoms with Gasteiger partial charge < -0.3 is 16.0 Å². The summed E-state index contributed by atoms with van der Waals surface area (Å²) in [6, 6.07) is 0. The van der Waals surface area contributed by atoms with E-state index in [9.17, 15) is 4.79 Å². The van der Waals surface area contributed by atoms with E-state index in [-0.39, 0.29) is 11.1 Å². The molecule has 4 N–H and O–H groups in total. The Kier molecular flexibility index (Phi) is 4.09. The van der Waals surface area contributed by atoms with Crippen LogP contribution < -0.4 is 16.6 Å². The van der Waals surface area contributed by atoms with Gasteiger partial charge in [0.15, 0.2) is 0 Å². The molecule has 0 amide bonds. The standard InChI is InChI=1S/C9H15IN4O/c1-3-9(2,4-11)14-7-6(10)8(15)13-5-12-7/h5H,3-4,11H2,1-2H3,(H2,12,13,14,15). The van der Waals surface area contributed by atoms with Crippen molar-refractivity contribution in [2.45, 2.75) is 25.8 Å². The summed E-state index contributed by atoms with van der Waals surface area (Å²) in [5, 5.41) is 3.20. The fourth-order valence-electron chi connectivity index (χ4n) is 1.04. The molecule has 0 radical (unpaired) electrons. The van der Waals surface area contributed by atoms with Crippen molar-refractivity contribution in [3.05, 3.63) is 20.3 Å².